The highest BCUT2D eigenvalue weighted by Gasteiger charge is 2.20. The molecule has 0 radical (unpaired) electrons. The average molecular weight is 733 g/mol. The van der Waals surface area contributed by atoms with E-state index >= 15 is 0 Å². The van der Waals surface area contributed by atoms with E-state index in [0.717, 1.165) is 66.7 Å². The lowest BCUT2D eigenvalue weighted by Crippen LogP contribution is -1.96. The Balaban J connectivity index is 1.02. The zero-order chi connectivity index (χ0) is 37.0. The molecule has 3 heterocycles. The fourth-order valence-electron chi connectivity index (χ4n) is 7.98. The molecule has 0 aliphatic heterocycles. The van der Waals surface area contributed by atoms with Crippen molar-refractivity contribution in [1.29, 1.82) is 0 Å². The molecule has 3 aromatic heterocycles. The fourth-order valence-corrected chi connectivity index (χ4v) is 9.21. The highest BCUT2D eigenvalue weighted by molar-refractivity contribution is 7.26. The molecule has 0 spiro atoms. The third kappa shape index (κ3) is 5.50. The van der Waals surface area contributed by atoms with Crippen LogP contribution in [0.5, 0.6) is 0 Å². The molecule has 0 aliphatic rings. The second kappa shape index (κ2) is 13.3. The summed E-state index contributed by atoms with van der Waals surface area (Å²) < 4.78 is 9.32. The molecule has 11 rings (SSSR count). The van der Waals surface area contributed by atoms with Crippen LogP contribution >= 0.6 is 11.3 Å². The van der Waals surface area contributed by atoms with Crippen LogP contribution in [-0.2, 0) is 0 Å². The highest BCUT2D eigenvalue weighted by Crippen LogP contribution is 2.46. The Hall–Kier alpha value is -7.14. The van der Waals surface area contributed by atoms with Crippen LogP contribution in [0, 0.1) is 0 Å². The van der Waals surface area contributed by atoms with E-state index in [1.54, 1.807) is 0 Å². The molecule has 0 atom stereocenters. The van der Waals surface area contributed by atoms with Crippen molar-refractivity contribution in [3.05, 3.63) is 194 Å². The van der Waals surface area contributed by atoms with Crippen molar-refractivity contribution >= 4 is 53.4 Å². The van der Waals surface area contributed by atoms with E-state index in [-0.39, 0.29) is 0 Å². The van der Waals surface area contributed by atoms with Gasteiger partial charge in [0, 0.05) is 58.8 Å². The van der Waals surface area contributed by atoms with Gasteiger partial charge in [0.15, 0.2) is 5.82 Å². The van der Waals surface area contributed by atoms with Crippen LogP contribution < -0.4 is 0 Å². The molecule has 262 valence electrons. The van der Waals surface area contributed by atoms with Gasteiger partial charge in [0.2, 0.25) is 0 Å². The minimum atomic E-state index is 0.699. The number of para-hydroxylation sites is 1. The minimum absolute atomic E-state index is 0.699. The van der Waals surface area contributed by atoms with Gasteiger partial charge in [-0.25, -0.2) is 9.97 Å². The van der Waals surface area contributed by atoms with Crippen LogP contribution in [0.25, 0.3) is 109 Å². The molecule has 0 aliphatic carbocycles. The van der Waals surface area contributed by atoms with Gasteiger partial charge in [-0.15, -0.1) is 11.3 Å². The summed E-state index contributed by atoms with van der Waals surface area (Å²) in [6.45, 7) is 0. The third-order valence-electron chi connectivity index (χ3n) is 10.8. The molecule has 0 fully saturated rings. The van der Waals surface area contributed by atoms with Gasteiger partial charge < -0.3 is 4.42 Å². The van der Waals surface area contributed by atoms with Crippen LogP contribution in [-0.4, -0.2) is 9.97 Å². The lowest BCUT2D eigenvalue weighted by atomic mass is 9.93. The predicted octanol–water partition coefficient (Wildman–Crippen LogP) is 14.7. The molecule has 0 N–H and O–H groups in total. The van der Waals surface area contributed by atoms with Gasteiger partial charge >= 0.3 is 0 Å². The van der Waals surface area contributed by atoms with Gasteiger partial charge in [0.25, 0.3) is 0 Å². The Morgan fingerprint density at radius 3 is 1.66 bits per heavy atom. The van der Waals surface area contributed by atoms with E-state index in [1.165, 1.54) is 36.9 Å². The smallest absolute Gasteiger partial charge is 0.160 e. The number of aromatic nitrogens is 2. The number of rotatable bonds is 6. The van der Waals surface area contributed by atoms with Crippen molar-refractivity contribution in [2.45, 2.75) is 0 Å². The first kappa shape index (κ1) is 32.3. The van der Waals surface area contributed by atoms with Crippen molar-refractivity contribution in [1.82, 2.24) is 9.97 Å². The maximum atomic E-state index is 6.75. The zero-order valence-electron chi connectivity index (χ0n) is 30.2. The lowest BCUT2D eigenvalue weighted by Gasteiger charge is -2.12. The summed E-state index contributed by atoms with van der Waals surface area (Å²) in [5.41, 5.74) is 13.5. The standard InChI is InChI=1S/C52H32N2OS/c1-3-12-33(13-4-1)34-22-26-36(27-23-34)45-32-46(54-52(53-45)38-14-5-2-6-15-38)37-28-24-35(25-29-37)39-30-31-41(50-49(39)44-17-7-9-20-47(44)55-50)43-19-11-18-42-40-16-8-10-21-48(40)56-51(42)43/h1-32H. The fraction of sp³-hybridized carbons (Fsp3) is 0. The molecule has 4 heteroatoms. The number of hydrogen-bond acceptors (Lipinski definition) is 4. The maximum absolute atomic E-state index is 6.75. The summed E-state index contributed by atoms with van der Waals surface area (Å²) in [6, 6.07) is 68.3. The Labute approximate surface area is 327 Å². The summed E-state index contributed by atoms with van der Waals surface area (Å²) >= 11 is 1.85. The monoisotopic (exact) mass is 732 g/mol. The summed E-state index contributed by atoms with van der Waals surface area (Å²) in [5, 5.41) is 4.80. The lowest BCUT2D eigenvalue weighted by molar-refractivity contribution is 0.670. The molecule has 11 aromatic rings. The summed E-state index contributed by atoms with van der Waals surface area (Å²) in [7, 11) is 0. The molecule has 0 bridgehead atoms. The molecule has 0 saturated carbocycles. The molecule has 0 amide bonds. The van der Waals surface area contributed by atoms with Gasteiger partial charge in [0.05, 0.1) is 11.4 Å². The van der Waals surface area contributed by atoms with Crippen molar-refractivity contribution in [3.8, 4) is 67.3 Å². The van der Waals surface area contributed by atoms with Gasteiger partial charge in [-0.2, -0.15) is 0 Å². The van der Waals surface area contributed by atoms with E-state index in [9.17, 15) is 0 Å². The Morgan fingerprint density at radius 2 is 0.929 bits per heavy atom. The van der Waals surface area contributed by atoms with Gasteiger partial charge in [-0.1, -0.05) is 170 Å². The normalized spacial score (nSPS) is 11.6. The van der Waals surface area contributed by atoms with Crippen molar-refractivity contribution in [2.75, 3.05) is 0 Å². The number of thiophene rings is 1. The second-order valence-electron chi connectivity index (χ2n) is 14.1. The van der Waals surface area contributed by atoms with E-state index in [0.29, 0.717) is 5.82 Å². The number of fused-ring (bicyclic) bond motifs is 6. The topological polar surface area (TPSA) is 38.9 Å². The minimum Gasteiger partial charge on any atom is -0.455 e. The Bertz CT molecular complexity index is 3220. The highest BCUT2D eigenvalue weighted by atomic mass is 32.1. The predicted molar refractivity (Wildman–Crippen MR) is 235 cm³/mol. The van der Waals surface area contributed by atoms with E-state index in [4.69, 9.17) is 14.4 Å². The first-order valence-electron chi connectivity index (χ1n) is 18.8. The number of nitrogens with zero attached hydrogens (tertiary/aromatic N) is 2. The largest absolute Gasteiger partial charge is 0.455 e. The van der Waals surface area contributed by atoms with Crippen molar-refractivity contribution < 1.29 is 4.42 Å². The van der Waals surface area contributed by atoms with E-state index < -0.39 is 0 Å². The van der Waals surface area contributed by atoms with Gasteiger partial charge in [0.1, 0.15) is 11.2 Å². The molecule has 56 heavy (non-hydrogen) atoms. The van der Waals surface area contributed by atoms with Crippen LogP contribution in [0.15, 0.2) is 199 Å². The second-order valence-corrected chi connectivity index (χ2v) is 15.1. The Morgan fingerprint density at radius 1 is 0.375 bits per heavy atom. The summed E-state index contributed by atoms with van der Waals surface area (Å²) in [4.78, 5) is 10.2. The first-order chi connectivity index (χ1) is 27.7. The zero-order valence-corrected chi connectivity index (χ0v) is 31.0. The Kier molecular flexibility index (Phi) is 7.68. The third-order valence-corrected chi connectivity index (χ3v) is 12.0. The quantitative estimate of drug-likeness (QED) is 0.171. The first-order valence-corrected chi connectivity index (χ1v) is 19.6. The van der Waals surface area contributed by atoms with Crippen LogP contribution in [0.2, 0.25) is 0 Å². The number of furan rings is 1. The molecule has 0 unspecified atom stereocenters. The molecular formula is C52H32N2OS. The van der Waals surface area contributed by atoms with E-state index in [2.05, 4.69) is 164 Å². The van der Waals surface area contributed by atoms with E-state index in [1.807, 2.05) is 41.7 Å². The molecule has 3 nitrogen and oxygen atoms in total. The van der Waals surface area contributed by atoms with Crippen molar-refractivity contribution in [3.63, 3.8) is 0 Å². The van der Waals surface area contributed by atoms with Crippen molar-refractivity contribution in [2.24, 2.45) is 0 Å². The van der Waals surface area contributed by atoms with Gasteiger partial charge in [-0.05, 0) is 46.5 Å². The summed E-state index contributed by atoms with van der Waals surface area (Å²) in [5.74, 6) is 0.699. The van der Waals surface area contributed by atoms with Crippen LogP contribution in [0.1, 0.15) is 0 Å². The number of hydrogen-bond donors (Lipinski definition) is 0. The molecule has 8 aromatic carbocycles. The van der Waals surface area contributed by atoms with Crippen LogP contribution in [0.3, 0.4) is 0 Å². The average Bonchev–Trinajstić information content (AvgIpc) is 3.86. The molecule has 0 saturated heterocycles. The SMILES string of the molecule is c1ccc(-c2ccc(-c3cc(-c4ccc(-c5ccc(-c6cccc7c6sc6ccccc67)c6oc7ccccc7c56)cc4)nc(-c4ccccc4)n3)cc2)cc1. The molecular weight excluding hydrogens is 701 g/mol. The van der Waals surface area contributed by atoms with Crippen LogP contribution in [0.4, 0.5) is 0 Å². The maximum Gasteiger partial charge on any atom is 0.160 e. The van der Waals surface area contributed by atoms with Gasteiger partial charge in [-0.3, -0.25) is 0 Å². The summed E-state index contributed by atoms with van der Waals surface area (Å²) in [6.07, 6.45) is 0. The number of benzene rings is 8.